The molecule has 0 spiro atoms. The summed E-state index contributed by atoms with van der Waals surface area (Å²) in [4.78, 5) is 25.8. The first kappa shape index (κ1) is 20.9. The van der Waals surface area contributed by atoms with E-state index in [0.29, 0.717) is 23.4 Å². The van der Waals surface area contributed by atoms with Gasteiger partial charge in [-0.3, -0.25) is 9.59 Å². The molecule has 0 saturated carbocycles. The van der Waals surface area contributed by atoms with Crippen LogP contribution < -0.4 is 10.1 Å². The first-order valence-electron chi connectivity index (χ1n) is 9.73. The molecule has 3 rings (SSSR count). The second-order valence-corrected chi connectivity index (χ2v) is 7.89. The van der Waals surface area contributed by atoms with Crippen molar-refractivity contribution in [3.63, 3.8) is 0 Å². The molecule has 2 heterocycles. The zero-order valence-electron chi connectivity index (χ0n) is 17.0. The van der Waals surface area contributed by atoms with Crippen LogP contribution in [0.25, 0.3) is 0 Å². The number of ether oxygens (including phenoxy) is 1. The average Bonchev–Trinajstić information content (AvgIpc) is 3.33. The van der Waals surface area contributed by atoms with E-state index in [-0.39, 0.29) is 18.3 Å². The van der Waals surface area contributed by atoms with Crippen molar-refractivity contribution in [1.82, 2.24) is 9.88 Å². The van der Waals surface area contributed by atoms with E-state index in [0.717, 1.165) is 24.4 Å². The van der Waals surface area contributed by atoms with E-state index in [1.165, 1.54) is 4.88 Å². The zero-order valence-corrected chi connectivity index (χ0v) is 17.8. The van der Waals surface area contributed by atoms with Gasteiger partial charge in [-0.05, 0) is 69.0 Å². The molecule has 0 fully saturated rings. The van der Waals surface area contributed by atoms with E-state index in [1.54, 1.807) is 35.6 Å². The van der Waals surface area contributed by atoms with Gasteiger partial charge in [-0.25, -0.2) is 0 Å². The highest BCUT2D eigenvalue weighted by molar-refractivity contribution is 7.09. The number of carbonyl (C=O) groups is 2. The number of aryl methyl sites for hydroxylation is 2. The summed E-state index contributed by atoms with van der Waals surface area (Å²) in [5.41, 5.74) is 3.32. The molecule has 29 heavy (non-hydrogen) atoms. The number of hydrogen-bond donors (Lipinski definition) is 1. The topological polar surface area (TPSA) is 60.3 Å². The summed E-state index contributed by atoms with van der Waals surface area (Å²) in [6, 6.07) is 12.9. The molecule has 0 aliphatic carbocycles. The molecule has 5 nitrogen and oxygen atoms in total. The minimum atomic E-state index is -0.120. The maximum absolute atomic E-state index is 12.7. The van der Waals surface area contributed by atoms with Gasteiger partial charge >= 0.3 is 0 Å². The molecule has 0 aliphatic rings. The number of hydrogen-bond acceptors (Lipinski definition) is 4. The van der Waals surface area contributed by atoms with E-state index >= 15 is 0 Å². The number of amides is 1. The Morgan fingerprint density at radius 3 is 2.55 bits per heavy atom. The van der Waals surface area contributed by atoms with Crippen molar-refractivity contribution in [2.75, 3.05) is 13.2 Å². The third-order valence-electron chi connectivity index (χ3n) is 4.86. The Kier molecular flexibility index (Phi) is 6.88. The van der Waals surface area contributed by atoms with E-state index in [4.69, 9.17) is 4.74 Å². The van der Waals surface area contributed by atoms with Crippen LogP contribution in [0.15, 0.2) is 47.8 Å². The maximum atomic E-state index is 12.7. The molecular weight excluding hydrogens is 384 g/mol. The predicted octanol–water partition coefficient (Wildman–Crippen LogP) is 4.42. The number of benzene rings is 1. The van der Waals surface area contributed by atoms with Gasteiger partial charge in [0.1, 0.15) is 5.75 Å². The number of nitrogens with zero attached hydrogens (tertiary/aromatic N) is 1. The van der Waals surface area contributed by atoms with E-state index in [9.17, 15) is 9.59 Å². The summed E-state index contributed by atoms with van der Waals surface area (Å²) in [6.07, 6.45) is 0.954. The molecule has 0 aliphatic heterocycles. The highest BCUT2D eigenvalue weighted by Crippen LogP contribution is 2.19. The summed E-state index contributed by atoms with van der Waals surface area (Å²) in [5, 5.41) is 4.83. The molecule has 0 unspecified atom stereocenters. The van der Waals surface area contributed by atoms with Crippen LogP contribution in [0.4, 0.5) is 0 Å². The van der Waals surface area contributed by atoms with Crippen molar-refractivity contribution in [3.8, 4) is 5.75 Å². The highest BCUT2D eigenvalue weighted by atomic mass is 32.1. The SMILES string of the molecule is CCNC(=O)c1ccc(OCC(=O)c2cc(C)n(CCc3cccs3)c2C)cc1. The van der Waals surface area contributed by atoms with Crippen molar-refractivity contribution in [2.24, 2.45) is 0 Å². The Morgan fingerprint density at radius 2 is 1.90 bits per heavy atom. The van der Waals surface area contributed by atoms with Gasteiger partial charge in [-0.2, -0.15) is 0 Å². The van der Waals surface area contributed by atoms with Crippen LogP contribution in [-0.4, -0.2) is 29.4 Å². The van der Waals surface area contributed by atoms with Gasteiger partial charge in [0, 0.05) is 40.5 Å². The summed E-state index contributed by atoms with van der Waals surface area (Å²) in [6.45, 7) is 7.29. The standard InChI is InChI=1S/C23H26N2O3S/c1-4-24-23(27)18-7-9-19(10-8-18)28-15-22(26)21-14-16(2)25(17(21)3)12-11-20-6-5-13-29-20/h5-10,13-14H,4,11-12,15H2,1-3H3,(H,24,27). The Hall–Kier alpha value is -2.86. The molecular formula is C23H26N2O3S. The number of nitrogens with one attached hydrogen (secondary N) is 1. The number of ketones is 1. The van der Waals surface area contributed by atoms with Gasteiger partial charge in [0.2, 0.25) is 5.78 Å². The third-order valence-corrected chi connectivity index (χ3v) is 5.80. The molecule has 2 aromatic heterocycles. The maximum Gasteiger partial charge on any atom is 0.251 e. The Balaban J connectivity index is 1.60. The average molecular weight is 411 g/mol. The van der Waals surface area contributed by atoms with Crippen molar-refractivity contribution < 1.29 is 14.3 Å². The number of thiophene rings is 1. The lowest BCUT2D eigenvalue weighted by molar-refractivity contribution is 0.0918. The monoisotopic (exact) mass is 410 g/mol. The van der Waals surface area contributed by atoms with E-state index < -0.39 is 0 Å². The van der Waals surface area contributed by atoms with Crippen molar-refractivity contribution in [1.29, 1.82) is 0 Å². The van der Waals surface area contributed by atoms with Gasteiger partial charge in [0.25, 0.3) is 5.91 Å². The first-order chi connectivity index (χ1) is 14.0. The van der Waals surface area contributed by atoms with Gasteiger partial charge in [-0.15, -0.1) is 11.3 Å². The Bertz CT molecular complexity index is 972. The zero-order chi connectivity index (χ0) is 20.8. The van der Waals surface area contributed by atoms with Crippen LogP contribution in [0.1, 0.15) is 43.9 Å². The third kappa shape index (κ3) is 5.15. The van der Waals surface area contributed by atoms with Gasteiger partial charge in [0.15, 0.2) is 6.61 Å². The Labute approximate surface area is 175 Å². The number of Topliss-reactive ketones (excluding diaryl/α,β-unsaturated/α-hetero) is 1. The highest BCUT2D eigenvalue weighted by Gasteiger charge is 2.16. The number of rotatable bonds is 9. The fourth-order valence-corrected chi connectivity index (χ4v) is 3.99. The smallest absolute Gasteiger partial charge is 0.251 e. The van der Waals surface area contributed by atoms with Gasteiger partial charge in [-0.1, -0.05) is 6.07 Å². The van der Waals surface area contributed by atoms with Crippen molar-refractivity contribution in [3.05, 3.63) is 75.2 Å². The molecule has 0 saturated heterocycles. The summed E-state index contributed by atoms with van der Waals surface area (Å²) < 4.78 is 7.84. The Morgan fingerprint density at radius 1 is 1.14 bits per heavy atom. The van der Waals surface area contributed by atoms with E-state index in [2.05, 4.69) is 27.4 Å². The van der Waals surface area contributed by atoms with Crippen molar-refractivity contribution in [2.45, 2.75) is 33.7 Å². The molecule has 3 aromatic rings. The van der Waals surface area contributed by atoms with Gasteiger partial charge in [0.05, 0.1) is 0 Å². The lowest BCUT2D eigenvalue weighted by Gasteiger charge is -2.09. The summed E-state index contributed by atoms with van der Waals surface area (Å²) >= 11 is 1.75. The minimum Gasteiger partial charge on any atom is -0.485 e. The number of aromatic nitrogens is 1. The van der Waals surface area contributed by atoms with Crippen LogP contribution in [0, 0.1) is 13.8 Å². The summed E-state index contributed by atoms with van der Waals surface area (Å²) in [7, 11) is 0. The molecule has 0 bridgehead atoms. The van der Waals surface area contributed by atoms with Crippen LogP contribution in [0.5, 0.6) is 5.75 Å². The predicted molar refractivity (Wildman–Crippen MR) is 116 cm³/mol. The largest absolute Gasteiger partial charge is 0.485 e. The van der Waals surface area contributed by atoms with Crippen LogP contribution in [-0.2, 0) is 13.0 Å². The molecule has 0 atom stereocenters. The molecule has 0 radical (unpaired) electrons. The molecule has 1 aromatic carbocycles. The fraction of sp³-hybridized carbons (Fsp3) is 0.304. The quantitative estimate of drug-likeness (QED) is 0.531. The van der Waals surface area contributed by atoms with Crippen LogP contribution >= 0.6 is 11.3 Å². The van der Waals surface area contributed by atoms with Crippen molar-refractivity contribution >= 4 is 23.0 Å². The normalized spacial score (nSPS) is 10.7. The lowest BCUT2D eigenvalue weighted by atomic mass is 10.1. The van der Waals surface area contributed by atoms with Crippen LogP contribution in [0.2, 0.25) is 0 Å². The first-order valence-corrected chi connectivity index (χ1v) is 10.6. The molecule has 152 valence electrons. The van der Waals surface area contributed by atoms with Gasteiger partial charge < -0.3 is 14.6 Å². The molecule has 1 N–H and O–H groups in total. The minimum absolute atomic E-state index is 0.0320. The molecule has 6 heteroatoms. The fourth-order valence-electron chi connectivity index (χ4n) is 3.30. The lowest BCUT2D eigenvalue weighted by Crippen LogP contribution is -2.22. The number of carbonyl (C=O) groups excluding carboxylic acids is 2. The second kappa shape index (κ2) is 9.56. The van der Waals surface area contributed by atoms with Crippen LogP contribution in [0.3, 0.4) is 0 Å². The van der Waals surface area contributed by atoms with E-state index in [1.807, 2.05) is 26.8 Å². The molecule has 1 amide bonds. The summed E-state index contributed by atoms with van der Waals surface area (Å²) in [5.74, 6) is 0.399. The second-order valence-electron chi connectivity index (χ2n) is 6.86.